The minimum absolute atomic E-state index is 0.131. The molecular weight excluding hydrogens is 246 g/mol. The number of aromatic amines is 1. The van der Waals surface area contributed by atoms with Crippen molar-refractivity contribution in [3.05, 3.63) is 58.3 Å². The Morgan fingerprint density at radius 2 is 1.75 bits per heavy atom. The molecule has 2 aromatic carbocycles. The molecule has 0 saturated carbocycles. The zero-order valence-corrected chi connectivity index (χ0v) is 11.8. The van der Waals surface area contributed by atoms with E-state index in [-0.39, 0.29) is 5.43 Å². The SMILES string of the molecule is CCCCCc1ccc2[nH]c3ccccc3c(=O)c2c1. The van der Waals surface area contributed by atoms with E-state index in [1.165, 1.54) is 24.8 Å². The lowest BCUT2D eigenvalue weighted by Gasteiger charge is -2.05. The van der Waals surface area contributed by atoms with Crippen molar-refractivity contribution in [3.8, 4) is 0 Å². The summed E-state index contributed by atoms with van der Waals surface area (Å²) in [6.07, 6.45) is 4.70. The fraction of sp³-hybridized carbons (Fsp3) is 0.278. The van der Waals surface area contributed by atoms with Crippen molar-refractivity contribution in [1.29, 1.82) is 0 Å². The number of benzene rings is 2. The molecule has 1 N–H and O–H groups in total. The number of fused-ring (bicyclic) bond motifs is 2. The van der Waals surface area contributed by atoms with Gasteiger partial charge >= 0.3 is 0 Å². The maximum absolute atomic E-state index is 12.6. The third-order valence-electron chi connectivity index (χ3n) is 3.84. The summed E-state index contributed by atoms with van der Waals surface area (Å²) in [4.78, 5) is 15.9. The summed E-state index contributed by atoms with van der Waals surface area (Å²) >= 11 is 0. The average Bonchev–Trinajstić information content (AvgIpc) is 2.48. The van der Waals surface area contributed by atoms with Gasteiger partial charge in [-0.3, -0.25) is 4.79 Å². The first kappa shape index (κ1) is 12.9. The second kappa shape index (κ2) is 5.49. The van der Waals surface area contributed by atoms with E-state index in [1.54, 1.807) is 0 Å². The summed E-state index contributed by atoms with van der Waals surface area (Å²) < 4.78 is 0. The first-order chi connectivity index (χ1) is 9.79. The molecule has 102 valence electrons. The number of unbranched alkanes of at least 4 members (excludes halogenated alkanes) is 2. The molecule has 0 aliphatic heterocycles. The molecule has 1 aromatic heterocycles. The van der Waals surface area contributed by atoms with Gasteiger partial charge < -0.3 is 4.98 Å². The lowest BCUT2D eigenvalue weighted by molar-refractivity contribution is 0.718. The monoisotopic (exact) mass is 265 g/mol. The summed E-state index contributed by atoms with van der Waals surface area (Å²) in [6.45, 7) is 2.21. The molecule has 3 aromatic rings. The first-order valence-corrected chi connectivity index (χ1v) is 7.33. The molecule has 1 heterocycles. The van der Waals surface area contributed by atoms with E-state index < -0.39 is 0 Å². The maximum atomic E-state index is 12.6. The molecule has 2 heteroatoms. The third kappa shape index (κ3) is 2.34. The molecule has 0 fully saturated rings. The van der Waals surface area contributed by atoms with Crippen LogP contribution in [0.4, 0.5) is 0 Å². The van der Waals surface area contributed by atoms with Crippen LogP contribution in [0, 0.1) is 0 Å². The Kier molecular flexibility index (Phi) is 3.55. The van der Waals surface area contributed by atoms with Crippen molar-refractivity contribution in [2.75, 3.05) is 0 Å². The largest absolute Gasteiger partial charge is 0.354 e. The van der Waals surface area contributed by atoms with Crippen molar-refractivity contribution >= 4 is 21.8 Å². The molecule has 0 bridgehead atoms. The minimum Gasteiger partial charge on any atom is -0.354 e. The fourth-order valence-corrected chi connectivity index (χ4v) is 2.70. The standard InChI is InChI=1S/C18H19NO/c1-2-3-4-7-13-10-11-17-15(12-13)18(20)14-8-5-6-9-16(14)19-17/h5-6,8-12H,2-4,7H2,1H3,(H,19,20). The zero-order chi connectivity index (χ0) is 13.9. The maximum Gasteiger partial charge on any atom is 0.197 e. The number of aromatic nitrogens is 1. The van der Waals surface area contributed by atoms with E-state index in [0.717, 1.165) is 28.2 Å². The van der Waals surface area contributed by atoms with Crippen LogP contribution in [0.5, 0.6) is 0 Å². The van der Waals surface area contributed by atoms with Gasteiger partial charge in [0.05, 0.1) is 0 Å². The quantitative estimate of drug-likeness (QED) is 0.550. The van der Waals surface area contributed by atoms with E-state index in [1.807, 2.05) is 30.3 Å². The number of H-pyrrole nitrogens is 1. The second-order valence-electron chi connectivity index (χ2n) is 5.34. The third-order valence-corrected chi connectivity index (χ3v) is 3.84. The van der Waals surface area contributed by atoms with Gasteiger partial charge in [0.25, 0.3) is 0 Å². The van der Waals surface area contributed by atoms with Gasteiger partial charge in [0, 0.05) is 21.8 Å². The highest BCUT2D eigenvalue weighted by Crippen LogP contribution is 2.17. The molecule has 0 atom stereocenters. The van der Waals surface area contributed by atoms with Crippen molar-refractivity contribution in [2.45, 2.75) is 32.6 Å². The van der Waals surface area contributed by atoms with Crippen LogP contribution in [0.3, 0.4) is 0 Å². The molecule has 0 aliphatic carbocycles. The fourth-order valence-electron chi connectivity index (χ4n) is 2.70. The Morgan fingerprint density at radius 1 is 0.950 bits per heavy atom. The van der Waals surface area contributed by atoms with Crippen LogP contribution in [0.1, 0.15) is 31.7 Å². The highest BCUT2D eigenvalue weighted by molar-refractivity contribution is 5.92. The van der Waals surface area contributed by atoms with Gasteiger partial charge in [0.2, 0.25) is 0 Å². The topological polar surface area (TPSA) is 32.9 Å². The summed E-state index contributed by atoms with van der Waals surface area (Å²) in [5.41, 5.74) is 3.22. The summed E-state index contributed by atoms with van der Waals surface area (Å²) in [7, 11) is 0. The highest BCUT2D eigenvalue weighted by atomic mass is 16.1. The van der Waals surface area contributed by atoms with Crippen LogP contribution in [0.2, 0.25) is 0 Å². The normalized spacial score (nSPS) is 11.2. The number of aryl methyl sites for hydroxylation is 1. The first-order valence-electron chi connectivity index (χ1n) is 7.33. The van der Waals surface area contributed by atoms with Crippen LogP contribution in [-0.4, -0.2) is 4.98 Å². The molecule has 2 nitrogen and oxygen atoms in total. The Labute approximate surface area is 118 Å². The second-order valence-corrected chi connectivity index (χ2v) is 5.34. The molecule has 0 radical (unpaired) electrons. The lowest BCUT2D eigenvalue weighted by Crippen LogP contribution is -2.04. The van der Waals surface area contributed by atoms with E-state index in [2.05, 4.69) is 24.0 Å². The molecular formula is C18H19NO. The van der Waals surface area contributed by atoms with Crippen LogP contribution in [-0.2, 0) is 6.42 Å². The van der Waals surface area contributed by atoms with E-state index >= 15 is 0 Å². The van der Waals surface area contributed by atoms with Crippen LogP contribution in [0.25, 0.3) is 21.8 Å². The highest BCUT2D eigenvalue weighted by Gasteiger charge is 2.05. The van der Waals surface area contributed by atoms with Gasteiger partial charge in [-0.2, -0.15) is 0 Å². The van der Waals surface area contributed by atoms with Gasteiger partial charge in [-0.05, 0) is 42.7 Å². The van der Waals surface area contributed by atoms with Crippen molar-refractivity contribution in [2.24, 2.45) is 0 Å². The van der Waals surface area contributed by atoms with E-state index in [4.69, 9.17) is 0 Å². The molecule has 0 spiro atoms. The van der Waals surface area contributed by atoms with Crippen molar-refractivity contribution in [3.63, 3.8) is 0 Å². The summed E-state index contributed by atoms with van der Waals surface area (Å²) in [5.74, 6) is 0. The van der Waals surface area contributed by atoms with Gasteiger partial charge in [-0.15, -0.1) is 0 Å². The zero-order valence-electron chi connectivity index (χ0n) is 11.8. The molecule has 0 amide bonds. The molecule has 0 saturated heterocycles. The Morgan fingerprint density at radius 3 is 2.60 bits per heavy atom. The van der Waals surface area contributed by atoms with Gasteiger partial charge in [-0.1, -0.05) is 38.0 Å². The van der Waals surface area contributed by atoms with Gasteiger partial charge in [-0.25, -0.2) is 0 Å². The predicted octanol–water partition coefficient (Wildman–Crippen LogP) is 4.41. The Hall–Kier alpha value is -2.09. The number of pyridine rings is 1. The molecule has 3 rings (SSSR count). The minimum atomic E-state index is 0.131. The van der Waals surface area contributed by atoms with Gasteiger partial charge in [0.15, 0.2) is 5.43 Å². The van der Waals surface area contributed by atoms with Crippen LogP contribution < -0.4 is 5.43 Å². The predicted molar refractivity (Wildman–Crippen MR) is 85.3 cm³/mol. The van der Waals surface area contributed by atoms with Crippen molar-refractivity contribution < 1.29 is 0 Å². The smallest absolute Gasteiger partial charge is 0.197 e. The summed E-state index contributed by atoms with van der Waals surface area (Å²) in [6, 6.07) is 13.9. The van der Waals surface area contributed by atoms with E-state index in [9.17, 15) is 4.79 Å². The number of hydrogen-bond acceptors (Lipinski definition) is 1. The molecule has 0 unspecified atom stereocenters. The lowest BCUT2D eigenvalue weighted by atomic mass is 10.0. The van der Waals surface area contributed by atoms with E-state index in [0.29, 0.717) is 0 Å². The average molecular weight is 265 g/mol. The number of nitrogens with one attached hydrogen (secondary N) is 1. The molecule has 0 aliphatic rings. The van der Waals surface area contributed by atoms with Crippen molar-refractivity contribution in [1.82, 2.24) is 4.98 Å². The number of para-hydroxylation sites is 1. The Bertz CT molecular complexity index is 801. The van der Waals surface area contributed by atoms with Crippen LogP contribution in [0.15, 0.2) is 47.3 Å². The molecule has 20 heavy (non-hydrogen) atoms. The number of rotatable bonds is 4. The number of hydrogen-bond donors (Lipinski definition) is 1. The van der Waals surface area contributed by atoms with Crippen LogP contribution >= 0.6 is 0 Å². The summed E-state index contributed by atoms with van der Waals surface area (Å²) in [5, 5.41) is 1.57. The Balaban J connectivity index is 2.11. The van der Waals surface area contributed by atoms with Gasteiger partial charge in [0.1, 0.15) is 0 Å².